The highest BCUT2D eigenvalue weighted by molar-refractivity contribution is 6.30. The fourth-order valence-corrected chi connectivity index (χ4v) is 1.66. The van der Waals surface area contributed by atoms with Crippen molar-refractivity contribution in [2.75, 3.05) is 11.1 Å². The molecule has 0 saturated heterocycles. The maximum absolute atomic E-state index is 13.3. The number of nitrogen functional groups attached to an aromatic ring is 1. The van der Waals surface area contributed by atoms with Crippen LogP contribution in [0, 0.1) is 5.82 Å². The summed E-state index contributed by atoms with van der Waals surface area (Å²) in [6.45, 7) is 0. The van der Waals surface area contributed by atoms with Crippen LogP contribution >= 0.6 is 11.6 Å². The van der Waals surface area contributed by atoms with Crippen LogP contribution in [0.5, 0.6) is 0 Å². The first kappa shape index (κ1) is 13.2. The molecule has 2 aromatic carbocycles. The molecular weight excluding hydrogens is 271 g/mol. The van der Waals surface area contributed by atoms with Crippen molar-refractivity contribution in [3.63, 3.8) is 0 Å². The number of carboxylic acid groups (broad SMARTS) is 1. The molecule has 98 valence electrons. The lowest BCUT2D eigenvalue weighted by atomic mass is 10.1. The third-order valence-electron chi connectivity index (χ3n) is 2.50. The van der Waals surface area contributed by atoms with Crippen LogP contribution < -0.4 is 11.1 Å². The Bertz CT molecular complexity index is 647. The largest absolute Gasteiger partial charge is 0.478 e. The van der Waals surface area contributed by atoms with Crippen LogP contribution in [0.15, 0.2) is 36.4 Å². The molecule has 0 heterocycles. The quantitative estimate of drug-likeness (QED) is 0.752. The normalized spacial score (nSPS) is 10.2. The Balaban J connectivity index is 2.28. The molecule has 0 aromatic heterocycles. The Morgan fingerprint density at radius 1 is 1.26 bits per heavy atom. The van der Waals surface area contributed by atoms with Crippen LogP contribution in [-0.2, 0) is 0 Å². The van der Waals surface area contributed by atoms with Crippen molar-refractivity contribution < 1.29 is 14.3 Å². The molecule has 6 heteroatoms. The number of halogens is 2. The van der Waals surface area contributed by atoms with E-state index in [-0.39, 0.29) is 16.3 Å². The molecule has 0 amide bonds. The van der Waals surface area contributed by atoms with Crippen molar-refractivity contribution in [1.82, 2.24) is 0 Å². The molecule has 0 radical (unpaired) electrons. The lowest BCUT2D eigenvalue weighted by molar-refractivity contribution is 0.0697. The molecule has 0 aliphatic rings. The zero-order valence-electron chi connectivity index (χ0n) is 9.65. The molecule has 0 bridgehead atoms. The molecule has 19 heavy (non-hydrogen) atoms. The average molecular weight is 281 g/mol. The van der Waals surface area contributed by atoms with Gasteiger partial charge in [0, 0.05) is 5.69 Å². The van der Waals surface area contributed by atoms with Gasteiger partial charge in [-0.1, -0.05) is 11.6 Å². The molecule has 0 aliphatic heterocycles. The van der Waals surface area contributed by atoms with Gasteiger partial charge in [-0.3, -0.25) is 0 Å². The lowest BCUT2D eigenvalue weighted by Crippen LogP contribution is -2.01. The predicted molar refractivity (Wildman–Crippen MR) is 72.5 cm³/mol. The van der Waals surface area contributed by atoms with E-state index in [9.17, 15) is 9.18 Å². The number of anilines is 3. The smallest absolute Gasteiger partial charge is 0.335 e. The molecule has 2 aromatic rings. The van der Waals surface area contributed by atoms with Crippen LogP contribution in [0.1, 0.15) is 10.4 Å². The number of rotatable bonds is 3. The van der Waals surface area contributed by atoms with Gasteiger partial charge in [-0.2, -0.15) is 0 Å². The lowest BCUT2D eigenvalue weighted by Gasteiger charge is -2.10. The van der Waals surface area contributed by atoms with Gasteiger partial charge < -0.3 is 16.2 Å². The van der Waals surface area contributed by atoms with Gasteiger partial charge in [0.25, 0.3) is 0 Å². The van der Waals surface area contributed by atoms with Gasteiger partial charge >= 0.3 is 5.97 Å². The number of carboxylic acids is 1. The van der Waals surface area contributed by atoms with Gasteiger partial charge in [-0.15, -0.1) is 0 Å². The third-order valence-corrected chi connectivity index (χ3v) is 2.80. The number of nitrogens with one attached hydrogen (secondary N) is 1. The monoisotopic (exact) mass is 280 g/mol. The number of hydrogen-bond donors (Lipinski definition) is 3. The maximum atomic E-state index is 13.3. The summed E-state index contributed by atoms with van der Waals surface area (Å²) in [7, 11) is 0. The van der Waals surface area contributed by atoms with Gasteiger partial charge in [-0.25, -0.2) is 9.18 Å². The highest BCUT2D eigenvalue weighted by atomic mass is 35.5. The van der Waals surface area contributed by atoms with E-state index in [4.69, 9.17) is 22.4 Å². The molecule has 4 nitrogen and oxygen atoms in total. The highest BCUT2D eigenvalue weighted by Crippen LogP contribution is 2.26. The minimum atomic E-state index is -1.06. The predicted octanol–water partition coefficient (Wildman–Crippen LogP) is 3.50. The summed E-state index contributed by atoms with van der Waals surface area (Å²) in [6, 6.07) is 8.50. The zero-order valence-corrected chi connectivity index (χ0v) is 10.4. The molecule has 2 rings (SSSR count). The van der Waals surface area contributed by atoms with Crippen LogP contribution in [0.3, 0.4) is 0 Å². The van der Waals surface area contributed by atoms with Crippen LogP contribution in [0.25, 0.3) is 0 Å². The fraction of sp³-hybridized carbons (Fsp3) is 0. The van der Waals surface area contributed by atoms with Crippen LogP contribution in [0.4, 0.5) is 21.5 Å². The van der Waals surface area contributed by atoms with Crippen LogP contribution in [0.2, 0.25) is 5.02 Å². The first-order valence-corrected chi connectivity index (χ1v) is 5.70. The van der Waals surface area contributed by atoms with E-state index in [0.29, 0.717) is 11.4 Å². The first-order valence-electron chi connectivity index (χ1n) is 5.32. The Hall–Kier alpha value is -2.27. The topological polar surface area (TPSA) is 75.4 Å². The summed E-state index contributed by atoms with van der Waals surface area (Å²) < 4.78 is 13.3. The van der Waals surface area contributed by atoms with E-state index in [1.165, 1.54) is 30.3 Å². The number of aromatic carboxylic acids is 1. The van der Waals surface area contributed by atoms with E-state index in [1.54, 1.807) is 6.07 Å². The van der Waals surface area contributed by atoms with Crippen molar-refractivity contribution in [3.8, 4) is 0 Å². The molecule has 4 N–H and O–H groups in total. The minimum Gasteiger partial charge on any atom is -0.478 e. The molecule has 0 unspecified atom stereocenters. The second kappa shape index (κ2) is 5.16. The molecule has 0 aliphatic carbocycles. The van der Waals surface area contributed by atoms with Crippen LogP contribution in [-0.4, -0.2) is 11.1 Å². The number of benzene rings is 2. The Morgan fingerprint density at radius 2 is 2.00 bits per heavy atom. The zero-order chi connectivity index (χ0) is 14.0. The summed E-state index contributed by atoms with van der Waals surface area (Å²) in [5.41, 5.74) is 7.04. The van der Waals surface area contributed by atoms with Crippen molar-refractivity contribution >= 4 is 34.6 Å². The Kier molecular flexibility index (Phi) is 3.57. The second-order valence-electron chi connectivity index (χ2n) is 3.86. The van der Waals surface area contributed by atoms with E-state index in [1.807, 2.05) is 0 Å². The Labute approximate surface area is 113 Å². The van der Waals surface area contributed by atoms with Gasteiger partial charge in [0.15, 0.2) is 0 Å². The summed E-state index contributed by atoms with van der Waals surface area (Å²) in [5.74, 6) is -1.61. The number of nitrogens with two attached hydrogens (primary N) is 1. The molecule has 0 spiro atoms. The van der Waals surface area contributed by atoms with E-state index >= 15 is 0 Å². The average Bonchev–Trinajstić information content (AvgIpc) is 2.36. The number of hydrogen-bond acceptors (Lipinski definition) is 3. The van der Waals surface area contributed by atoms with Crippen molar-refractivity contribution in [2.45, 2.75) is 0 Å². The van der Waals surface area contributed by atoms with Crippen molar-refractivity contribution in [2.24, 2.45) is 0 Å². The van der Waals surface area contributed by atoms with Crippen molar-refractivity contribution in [1.29, 1.82) is 0 Å². The fourth-order valence-electron chi connectivity index (χ4n) is 1.54. The van der Waals surface area contributed by atoms with Gasteiger partial charge in [0.05, 0.1) is 22.0 Å². The van der Waals surface area contributed by atoms with E-state index in [0.717, 1.165) is 0 Å². The van der Waals surface area contributed by atoms with E-state index < -0.39 is 11.8 Å². The molecule has 0 atom stereocenters. The van der Waals surface area contributed by atoms with Gasteiger partial charge in [0.1, 0.15) is 5.82 Å². The SMILES string of the molecule is Nc1cc(C(=O)O)ccc1Nc1ccc(Cl)c(F)c1. The minimum absolute atomic E-state index is 0.0275. The van der Waals surface area contributed by atoms with Gasteiger partial charge in [0.2, 0.25) is 0 Å². The standard InChI is InChI=1S/C13H10ClFN2O2/c14-9-3-2-8(6-10(9)15)17-12-4-1-7(13(18)19)5-11(12)16/h1-6,17H,16H2,(H,18,19). The molecule has 0 fully saturated rings. The van der Waals surface area contributed by atoms with E-state index in [2.05, 4.69) is 5.32 Å². The highest BCUT2D eigenvalue weighted by Gasteiger charge is 2.07. The second-order valence-corrected chi connectivity index (χ2v) is 4.27. The molecular formula is C13H10ClFN2O2. The third kappa shape index (κ3) is 2.95. The molecule has 0 saturated carbocycles. The summed E-state index contributed by atoms with van der Waals surface area (Å²) in [6.07, 6.45) is 0. The van der Waals surface area contributed by atoms with Crippen molar-refractivity contribution in [3.05, 3.63) is 52.8 Å². The summed E-state index contributed by atoms with van der Waals surface area (Å²) in [5, 5.41) is 11.7. The number of carbonyl (C=O) groups is 1. The maximum Gasteiger partial charge on any atom is 0.335 e. The Morgan fingerprint density at radius 3 is 2.58 bits per heavy atom. The summed E-state index contributed by atoms with van der Waals surface area (Å²) >= 11 is 5.58. The van der Waals surface area contributed by atoms with Gasteiger partial charge in [-0.05, 0) is 36.4 Å². The summed E-state index contributed by atoms with van der Waals surface area (Å²) in [4.78, 5) is 10.8. The first-order chi connectivity index (χ1) is 8.97.